The summed E-state index contributed by atoms with van der Waals surface area (Å²) in [6, 6.07) is 18.1. The van der Waals surface area contributed by atoms with Crippen molar-refractivity contribution in [1.29, 1.82) is 0 Å². The lowest BCUT2D eigenvalue weighted by atomic mass is 9.71. The molecule has 2 fully saturated rings. The Kier molecular flexibility index (Phi) is 5.72. The largest absolute Gasteiger partial charge is 0.496 e. The second-order valence-electron chi connectivity index (χ2n) is 9.88. The summed E-state index contributed by atoms with van der Waals surface area (Å²) in [5, 5.41) is 7.84. The zero-order valence-corrected chi connectivity index (χ0v) is 18.4. The van der Waals surface area contributed by atoms with Crippen LogP contribution < -0.4 is 15.4 Å². The molecule has 29 heavy (non-hydrogen) atoms. The minimum atomic E-state index is 0.149. The standard InChI is InChI=1S/C26H36N2O/c1-25(2,3)21-11-12-23(29-4)22(17-21)20-13-15-26(28-18-20)14-8-16-27-24(26)19-9-6-5-7-10-19/h5-7,9-12,17,20,24,27-28H,8,13-16,18H2,1-4H3. The van der Waals surface area contributed by atoms with E-state index in [2.05, 4.69) is 79.9 Å². The van der Waals surface area contributed by atoms with Gasteiger partial charge in [-0.25, -0.2) is 0 Å². The lowest BCUT2D eigenvalue weighted by molar-refractivity contribution is 0.131. The van der Waals surface area contributed by atoms with Crippen LogP contribution in [0.1, 0.15) is 75.1 Å². The van der Waals surface area contributed by atoms with Crippen molar-refractivity contribution in [3.8, 4) is 5.75 Å². The number of hydrogen-bond acceptors (Lipinski definition) is 3. The molecule has 2 aliphatic heterocycles. The topological polar surface area (TPSA) is 33.3 Å². The maximum absolute atomic E-state index is 5.75. The molecule has 3 heteroatoms. The maximum Gasteiger partial charge on any atom is 0.122 e. The number of ether oxygens (including phenoxy) is 1. The van der Waals surface area contributed by atoms with Gasteiger partial charge in [0.15, 0.2) is 0 Å². The average molecular weight is 393 g/mol. The second-order valence-corrected chi connectivity index (χ2v) is 9.88. The monoisotopic (exact) mass is 392 g/mol. The Labute approximate surface area is 176 Å². The SMILES string of the molecule is COc1ccc(C(C)(C)C)cc1C1CCC2(CCCNC2c2ccccc2)NC1. The highest BCUT2D eigenvalue weighted by molar-refractivity contribution is 5.42. The predicted molar refractivity (Wildman–Crippen MR) is 121 cm³/mol. The second kappa shape index (κ2) is 8.12. The lowest BCUT2D eigenvalue weighted by Gasteiger charge is -2.50. The Morgan fingerprint density at radius 1 is 1.03 bits per heavy atom. The summed E-state index contributed by atoms with van der Waals surface area (Å²) < 4.78 is 5.75. The van der Waals surface area contributed by atoms with Gasteiger partial charge in [-0.3, -0.25) is 0 Å². The van der Waals surface area contributed by atoms with Crippen LogP contribution in [0.3, 0.4) is 0 Å². The number of piperidine rings is 2. The molecule has 0 aromatic heterocycles. The van der Waals surface area contributed by atoms with Gasteiger partial charge in [0.2, 0.25) is 0 Å². The highest BCUT2D eigenvalue weighted by atomic mass is 16.5. The van der Waals surface area contributed by atoms with Crippen molar-refractivity contribution < 1.29 is 4.74 Å². The van der Waals surface area contributed by atoms with Gasteiger partial charge in [-0.1, -0.05) is 63.2 Å². The summed E-state index contributed by atoms with van der Waals surface area (Å²) in [5.41, 5.74) is 4.46. The first-order valence-electron chi connectivity index (χ1n) is 11.1. The third-order valence-corrected chi connectivity index (χ3v) is 7.01. The Morgan fingerprint density at radius 2 is 1.83 bits per heavy atom. The molecule has 156 valence electrons. The quantitative estimate of drug-likeness (QED) is 0.741. The molecule has 2 aliphatic rings. The minimum absolute atomic E-state index is 0.149. The van der Waals surface area contributed by atoms with E-state index in [-0.39, 0.29) is 11.0 Å². The first-order valence-corrected chi connectivity index (χ1v) is 11.1. The van der Waals surface area contributed by atoms with E-state index in [4.69, 9.17) is 4.74 Å². The third kappa shape index (κ3) is 4.08. The van der Waals surface area contributed by atoms with Gasteiger partial charge >= 0.3 is 0 Å². The number of methoxy groups -OCH3 is 1. The van der Waals surface area contributed by atoms with Crippen molar-refractivity contribution in [3.05, 3.63) is 65.2 Å². The van der Waals surface area contributed by atoms with Gasteiger partial charge in [-0.05, 0) is 60.4 Å². The molecule has 2 N–H and O–H groups in total. The van der Waals surface area contributed by atoms with Crippen molar-refractivity contribution in [2.45, 2.75) is 69.4 Å². The van der Waals surface area contributed by atoms with Crippen molar-refractivity contribution >= 4 is 0 Å². The molecule has 0 saturated carbocycles. The summed E-state index contributed by atoms with van der Waals surface area (Å²) in [4.78, 5) is 0. The lowest BCUT2D eigenvalue weighted by Crippen LogP contribution is -2.60. The number of benzene rings is 2. The molecule has 0 bridgehead atoms. The zero-order chi connectivity index (χ0) is 20.5. The Hall–Kier alpha value is -1.84. The molecular weight excluding hydrogens is 356 g/mol. The normalized spacial score (nSPS) is 27.7. The number of hydrogen-bond donors (Lipinski definition) is 2. The molecule has 0 aliphatic carbocycles. The van der Waals surface area contributed by atoms with E-state index < -0.39 is 0 Å². The molecular formula is C26H36N2O. The fourth-order valence-electron chi connectivity index (χ4n) is 5.27. The van der Waals surface area contributed by atoms with Gasteiger partial charge in [0, 0.05) is 18.0 Å². The van der Waals surface area contributed by atoms with E-state index in [0.717, 1.165) is 18.8 Å². The van der Waals surface area contributed by atoms with Crippen LogP contribution in [-0.2, 0) is 5.41 Å². The van der Waals surface area contributed by atoms with Gasteiger partial charge in [0.05, 0.1) is 13.2 Å². The smallest absolute Gasteiger partial charge is 0.122 e. The van der Waals surface area contributed by atoms with Crippen LogP contribution in [0.4, 0.5) is 0 Å². The van der Waals surface area contributed by atoms with Crippen LogP contribution in [-0.4, -0.2) is 25.7 Å². The van der Waals surface area contributed by atoms with Crippen LogP contribution in [0.5, 0.6) is 5.75 Å². The van der Waals surface area contributed by atoms with E-state index in [1.165, 1.54) is 42.4 Å². The van der Waals surface area contributed by atoms with Crippen LogP contribution in [0, 0.1) is 0 Å². The van der Waals surface area contributed by atoms with Crippen LogP contribution in [0.25, 0.3) is 0 Å². The van der Waals surface area contributed by atoms with E-state index in [1.54, 1.807) is 7.11 Å². The third-order valence-electron chi connectivity index (χ3n) is 7.01. The Morgan fingerprint density at radius 3 is 2.48 bits per heavy atom. The summed E-state index contributed by atoms with van der Waals surface area (Å²) >= 11 is 0. The van der Waals surface area contributed by atoms with Crippen molar-refractivity contribution in [2.24, 2.45) is 0 Å². The molecule has 3 unspecified atom stereocenters. The number of rotatable bonds is 3. The van der Waals surface area contributed by atoms with Gasteiger partial charge < -0.3 is 15.4 Å². The summed E-state index contributed by atoms with van der Waals surface area (Å²) in [5.74, 6) is 1.53. The van der Waals surface area contributed by atoms with Gasteiger partial charge in [-0.2, -0.15) is 0 Å². The molecule has 3 atom stereocenters. The van der Waals surface area contributed by atoms with Gasteiger partial charge in [0.25, 0.3) is 0 Å². The molecule has 2 aromatic rings. The number of nitrogens with one attached hydrogen (secondary N) is 2. The Balaban J connectivity index is 1.57. The van der Waals surface area contributed by atoms with Crippen LogP contribution in [0.2, 0.25) is 0 Å². The first kappa shape index (κ1) is 20.4. The van der Waals surface area contributed by atoms with Crippen LogP contribution >= 0.6 is 0 Å². The van der Waals surface area contributed by atoms with Crippen molar-refractivity contribution in [3.63, 3.8) is 0 Å². The molecule has 2 saturated heterocycles. The summed E-state index contributed by atoms with van der Waals surface area (Å²) in [7, 11) is 1.80. The summed E-state index contributed by atoms with van der Waals surface area (Å²) in [6.45, 7) is 8.96. The van der Waals surface area contributed by atoms with Crippen molar-refractivity contribution in [1.82, 2.24) is 10.6 Å². The molecule has 0 amide bonds. The predicted octanol–water partition coefficient (Wildman–Crippen LogP) is 5.32. The van der Waals surface area contributed by atoms with Gasteiger partial charge in [-0.15, -0.1) is 0 Å². The summed E-state index contributed by atoms with van der Waals surface area (Å²) in [6.07, 6.45) is 4.87. The van der Waals surface area contributed by atoms with E-state index in [0.29, 0.717) is 12.0 Å². The molecule has 2 aromatic carbocycles. The van der Waals surface area contributed by atoms with E-state index >= 15 is 0 Å². The fraction of sp³-hybridized carbons (Fsp3) is 0.538. The first-order chi connectivity index (χ1) is 13.9. The molecule has 1 spiro atoms. The molecule has 3 nitrogen and oxygen atoms in total. The molecule has 2 heterocycles. The van der Waals surface area contributed by atoms with E-state index in [1.807, 2.05) is 0 Å². The maximum atomic E-state index is 5.75. The molecule has 4 rings (SSSR count). The highest BCUT2D eigenvalue weighted by Gasteiger charge is 2.44. The van der Waals surface area contributed by atoms with Gasteiger partial charge in [0.1, 0.15) is 5.75 Å². The van der Waals surface area contributed by atoms with E-state index in [9.17, 15) is 0 Å². The van der Waals surface area contributed by atoms with Crippen molar-refractivity contribution in [2.75, 3.05) is 20.2 Å². The zero-order valence-electron chi connectivity index (χ0n) is 18.4. The Bertz CT molecular complexity index is 816. The minimum Gasteiger partial charge on any atom is -0.496 e. The fourth-order valence-corrected chi connectivity index (χ4v) is 5.27. The molecule has 0 radical (unpaired) electrons. The van der Waals surface area contributed by atoms with Crippen LogP contribution in [0.15, 0.2) is 48.5 Å². The highest BCUT2D eigenvalue weighted by Crippen LogP contribution is 2.44. The average Bonchev–Trinajstić information content (AvgIpc) is 2.74.